The molecule has 2 aromatic rings. The number of nitriles is 1. The van der Waals surface area contributed by atoms with Gasteiger partial charge >= 0.3 is 0 Å². The van der Waals surface area contributed by atoms with Crippen LogP contribution in [0.2, 0.25) is 0 Å². The minimum absolute atomic E-state index is 0.356. The van der Waals surface area contributed by atoms with Gasteiger partial charge in [0.1, 0.15) is 11.8 Å². The zero-order chi connectivity index (χ0) is 13.8. The summed E-state index contributed by atoms with van der Waals surface area (Å²) in [6.07, 6.45) is 2.52. The highest BCUT2D eigenvalue weighted by Gasteiger charge is 2.15. The minimum atomic E-state index is 0.356. The molecule has 102 valence electrons. The number of rotatable bonds is 4. The van der Waals surface area contributed by atoms with Crippen LogP contribution in [-0.4, -0.2) is 13.1 Å². The van der Waals surface area contributed by atoms with E-state index in [0.717, 1.165) is 24.5 Å². The number of anilines is 2. The van der Waals surface area contributed by atoms with Crippen LogP contribution >= 0.6 is 0 Å². The summed E-state index contributed by atoms with van der Waals surface area (Å²) in [5.74, 6) is 1.13. The third kappa shape index (κ3) is 2.62. The molecule has 0 amide bonds. The van der Waals surface area contributed by atoms with Crippen LogP contribution in [0.4, 0.5) is 11.4 Å². The van der Waals surface area contributed by atoms with Crippen molar-refractivity contribution < 1.29 is 4.42 Å². The van der Waals surface area contributed by atoms with E-state index in [1.807, 2.05) is 18.2 Å². The summed E-state index contributed by atoms with van der Waals surface area (Å²) in [4.78, 5) is 2.41. The molecular formula is C16H17N3O. The quantitative estimate of drug-likeness (QED) is 0.922. The van der Waals surface area contributed by atoms with Gasteiger partial charge in [0.25, 0.3) is 0 Å². The number of nitrogens with one attached hydrogen (secondary N) is 1. The zero-order valence-corrected chi connectivity index (χ0v) is 11.3. The Morgan fingerprint density at radius 3 is 2.70 bits per heavy atom. The van der Waals surface area contributed by atoms with Crippen LogP contribution in [0.25, 0.3) is 0 Å². The third-order valence-electron chi connectivity index (χ3n) is 3.58. The normalized spacial score (nSPS) is 14.2. The molecular weight excluding hydrogens is 250 g/mol. The average molecular weight is 267 g/mol. The SMILES string of the molecule is N#Cc1ccc(CNc2ccccc2N2CCCC2)o1. The molecule has 1 N–H and O–H groups in total. The van der Waals surface area contributed by atoms with Crippen LogP contribution < -0.4 is 10.2 Å². The van der Waals surface area contributed by atoms with Crippen molar-refractivity contribution in [1.82, 2.24) is 0 Å². The molecule has 0 unspecified atom stereocenters. The van der Waals surface area contributed by atoms with E-state index < -0.39 is 0 Å². The molecule has 0 bridgehead atoms. The smallest absolute Gasteiger partial charge is 0.203 e. The fourth-order valence-corrected chi connectivity index (χ4v) is 2.57. The van der Waals surface area contributed by atoms with Crippen molar-refractivity contribution in [1.29, 1.82) is 5.26 Å². The Morgan fingerprint density at radius 1 is 1.15 bits per heavy atom. The summed E-state index contributed by atoms with van der Waals surface area (Å²) in [6.45, 7) is 2.84. The van der Waals surface area contributed by atoms with E-state index in [2.05, 4.69) is 28.4 Å². The third-order valence-corrected chi connectivity index (χ3v) is 3.58. The molecule has 0 aliphatic carbocycles. The first-order chi connectivity index (χ1) is 9.86. The Bertz CT molecular complexity index is 621. The number of hydrogen-bond acceptors (Lipinski definition) is 4. The van der Waals surface area contributed by atoms with E-state index in [9.17, 15) is 0 Å². The van der Waals surface area contributed by atoms with Gasteiger partial charge in [0.15, 0.2) is 0 Å². The monoisotopic (exact) mass is 267 g/mol. The first-order valence-electron chi connectivity index (χ1n) is 6.93. The van der Waals surface area contributed by atoms with Crippen molar-refractivity contribution >= 4 is 11.4 Å². The maximum Gasteiger partial charge on any atom is 0.203 e. The van der Waals surface area contributed by atoms with Crippen LogP contribution in [0.15, 0.2) is 40.8 Å². The summed E-state index contributed by atoms with van der Waals surface area (Å²) in [5, 5.41) is 12.2. The first kappa shape index (κ1) is 12.6. The van der Waals surface area contributed by atoms with Gasteiger partial charge < -0.3 is 14.6 Å². The standard InChI is InChI=1S/C16H17N3O/c17-11-13-7-8-14(20-13)12-18-15-5-1-2-6-16(15)19-9-3-4-10-19/h1-2,5-8,18H,3-4,9-10,12H2. The molecule has 1 saturated heterocycles. The Hall–Kier alpha value is -2.41. The zero-order valence-electron chi connectivity index (χ0n) is 11.3. The second-order valence-corrected chi connectivity index (χ2v) is 4.94. The van der Waals surface area contributed by atoms with Gasteiger partial charge in [-0.3, -0.25) is 0 Å². The van der Waals surface area contributed by atoms with Crippen LogP contribution in [0.5, 0.6) is 0 Å². The molecule has 4 nitrogen and oxygen atoms in total. The van der Waals surface area contributed by atoms with Gasteiger partial charge in [0, 0.05) is 13.1 Å². The second-order valence-electron chi connectivity index (χ2n) is 4.94. The van der Waals surface area contributed by atoms with Crippen LogP contribution in [0, 0.1) is 11.3 Å². The minimum Gasteiger partial charge on any atom is -0.449 e. The second kappa shape index (κ2) is 5.70. The molecule has 1 aliphatic heterocycles. The molecule has 4 heteroatoms. The maximum absolute atomic E-state index is 8.75. The summed E-state index contributed by atoms with van der Waals surface area (Å²) in [6, 6.07) is 13.9. The first-order valence-corrected chi connectivity index (χ1v) is 6.93. The van der Waals surface area contributed by atoms with Gasteiger partial charge in [0.05, 0.1) is 17.9 Å². The molecule has 2 heterocycles. The molecule has 0 saturated carbocycles. The molecule has 0 radical (unpaired) electrons. The van der Waals surface area contributed by atoms with Gasteiger partial charge in [-0.2, -0.15) is 5.26 Å². The van der Waals surface area contributed by atoms with E-state index in [4.69, 9.17) is 9.68 Å². The van der Waals surface area contributed by atoms with E-state index in [1.54, 1.807) is 6.07 Å². The molecule has 0 atom stereocenters. The number of para-hydroxylation sites is 2. The van der Waals surface area contributed by atoms with Gasteiger partial charge in [-0.1, -0.05) is 12.1 Å². The number of benzene rings is 1. The van der Waals surface area contributed by atoms with Crippen molar-refractivity contribution in [3.8, 4) is 6.07 Å². The topological polar surface area (TPSA) is 52.2 Å². The molecule has 1 aliphatic rings. The molecule has 1 aromatic heterocycles. The lowest BCUT2D eigenvalue weighted by Crippen LogP contribution is -2.19. The van der Waals surface area contributed by atoms with Crippen LogP contribution in [-0.2, 0) is 6.54 Å². The highest BCUT2D eigenvalue weighted by molar-refractivity contribution is 5.70. The lowest BCUT2D eigenvalue weighted by atomic mass is 10.2. The highest BCUT2D eigenvalue weighted by Crippen LogP contribution is 2.29. The van der Waals surface area contributed by atoms with Gasteiger partial charge in [-0.05, 0) is 37.1 Å². The number of nitrogens with zero attached hydrogens (tertiary/aromatic N) is 2. The number of hydrogen-bond donors (Lipinski definition) is 1. The lowest BCUT2D eigenvalue weighted by Gasteiger charge is -2.21. The Morgan fingerprint density at radius 2 is 1.95 bits per heavy atom. The van der Waals surface area contributed by atoms with Crippen LogP contribution in [0.1, 0.15) is 24.4 Å². The predicted octanol–water partition coefficient (Wildman–Crippen LogP) is 3.36. The van der Waals surface area contributed by atoms with Crippen LogP contribution in [0.3, 0.4) is 0 Å². The summed E-state index contributed by atoms with van der Waals surface area (Å²) < 4.78 is 5.38. The maximum atomic E-state index is 8.75. The number of furan rings is 1. The van der Waals surface area contributed by atoms with Gasteiger partial charge in [0.2, 0.25) is 5.76 Å². The lowest BCUT2D eigenvalue weighted by molar-refractivity contribution is 0.506. The molecule has 1 fully saturated rings. The van der Waals surface area contributed by atoms with Crippen molar-refractivity contribution in [3.63, 3.8) is 0 Å². The fourth-order valence-electron chi connectivity index (χ4n) is 2.57. The van der Waals surface area contributed by atoms with E-state index in [-0.39, 0.29) is 0 Å². The highest BCUT2D eigenvalue weighted by atomic mass is 16.3. The van der Waals surface area contributed by atoms with E-state index in [0.29, 0.717) is 12.3 Å². The van der Waals surface area contributed by atoms with Crippen molar-refractivity contribution in [2.75, 3.05) is 23.3 Å². The van der Waals surface area contributed by atoms with Crippen molar-refractivity contribution in [2.24, 2.45) is 0 Å². The fraction of sp³-hybridized carbons (Fsp3) is 0.312. The Labute approximate surface area is 118 Å². The molecule has 0 spiro atoms. The van der Waals surface area contributed by atoms with Crippen molar-refractivity contribution in [3.05, 3.63) is 47.9 Å². The molecule has 20 heavy (non-hydrogen) atoms. The Balaban J connectivity index is 1.72. The molecule has 1 aromatic carbocycles. The average Bonchev–Trinajstić information content (AvgIpc) is 3.17. The van der Waals surface area contributed by atoms with Crippen molar-refractivity contribution in [2.45, 2.75) is 19.4 Å². The van der Waals surface area contributed by atoms with E-state index in [1.165, 1.54) is 18.5 Å². The van der Waals surface area contributed by atoms with E-state index >= 15 is 0 Å². The summed E-state index contributed by atoms with van der Waals surface area (Å²) in [7, 11) is 0. The summed E-state index contributed by atoms with van der Waals surface area (Å²) in [5.41, 5.74) is 2.36. The predicted molar refractivity (Wildman–Crippen MR) is 78.6 cm³/mol. The molecule has 3 rings (SSSR count). The van der Waals surface area contributed by atoms with Gasteiger partial charge in [-0.15, -0.1) is 0 Å². The summed E-state index contributed by atoms with van der Waals surface area (Å²) >= 11 is 0. The Kier molecular flexibility index (Phi) is 3.60. The largest absolute Gasteiger partial charge is 0.449 e. The van der Waals surface area contributed by atoms with Gasteiger partial charge in [-0.25, -0.2) is 0 Å².